The number of benzene rings is 1. The van der Waals surface area contributed by atoms with Crippen LogP contribution < -0.4 is 0 Å². The molecule has 2 aromatic rings. The molecule has 82 valence electrons. The number of aromatic nitrogens is 1. The number of hydrogen-bond donors (Lipinski definition) is 0. The van der Waals surface area contributed by atoms with E-state index < -0.39 is 0 Å². The van der Waals surface area contributed by atoms with Gasteiger partial charge in [-0.25, -0.2) is 0 Å². The van der Waals surface area contributed by atoms with Crippen LogP contribution in [0.5, 0.6) is 0 Å². The molecule has 1 aromatic carbocycles. The number of nitrogens with zero attached hydrogens (tertiary/aromatic N) is 1. The van der Waals surface area contributed by atoms with Crippen molar-refractivity contribution in [3.8, 4) is 0 Å². The molecule has 0 spiro atoms. The van der Waals surface area contributed by atoms with Gasteiger partial charge in [-0.1, -0.05) is 36.4 Å². The van der Waals surface area contributed by atoms with Crippen molar-refractivity contribution in [1.82, 2.24) is 4.57 Å². The first-order valence-electron chi connectivity index (χ1n) is 5.68. The maximum Gasteiger partial charge on any atom is 0.0400 e. The van der Waals surface area contributed by atoms with Crippen molar-refractivity contribution in [2.75, 3.05) is 0 Å². The van der Waals surface area contributed by atoms with E-state index in [0.29, 0.717) is 0 Å². The first kappa shape index (κ1) is 10.7. The predicted molar refractivity (Wildman–Crippen MR) is 69.2 cm³/mol. The van der Waals surface area contributed by atoms with Gasteiger partial charge < -0.3 is 4.57 Å². The Kier molecular flexibility index (Phi) is 3.60. The third-order valence-corrected chi connectivity index (χ3v) is 2.72. The van der Waals surface area contributed by atoms with Gasteiger partial charge in [0.25, 0.3) is 0 Å². The second-order valence-electron chi connectivity index (χ2n) is 3.97. The second kappa shape index (κ2) is 5.36. The van der Waals surface area contributed by atoms with E-state index in [-0.39, 0.29) is 0 Å². The van der Waals surface area contributed by atoms with E-state index in [1.165, 1.54) is 11.3 Å². The maximum absolute atomic E-state index is 2.24. The van der Waals surface area contributed by atoms with Gasteiger partial charge in [-0.15, -0.1) is 0 Å². The van der Waals surface area contributed by atoms with Crippen molar-refractivity contribution in [1.29, 1.82) is 0 Å². The van der Waals surface area contributed by atoms with Crippen molar-refractivity contribution < 1.29 is 0 Å². The van der Waals surface area contributed by atoms with Crippen molar-refractivity contribution in [2.45, 2.75) is 12.8 Å². The molecule has 0 aliphatic heterocycles. The van der Waals surface area contributed by atoms with Gasteiger partial charge in [-0.2, -0.15) is 0 Å². The van der Waals surface area contributed by atoms with Crippen LogP contribution in [-0.4, -0.2) is 4.57 Å². The maximum atomic E-state index is 2.24. The van der Waals surface area contributed by atoms with Crippen LogP contribution >= 0.6 is 0 Å². The summed E-state index contributed by atoms with van der Waals surface area (Å²) in [6, 6.07) is 14.8. The fraction of sp³-hybridized carbons (Fsp3) is 0.200. The summed E-state index contributed by atoms with van der Waals surface area (Å²) >= 11 is 0. The Bertz CT molecular complexity index is 451. The molecule has 0 amide bonds. The number of aryl methyl sites for hydroxylation is 2. The molecule has 2 rings (SSSR count). The van der Waals surface area contributed by atoms with Crippen LogP contribution in [0.25, 0.3) is 6.08 Å². The first-order chi connectivity index (χ1) is 7.86. The third-order valence-electron chi connectivity index (χ3n) is 2.72. The molecule has 0 saturated carbocycles. The summed E-state index contributed by atoms with van der Waals surface area (Å²) in [4.78, 5) is 0. The van der Waals surface area contributed by atoms with Crippen LogP contribution in [0.1, 0.15) is 17.7 Å². The fourth-order valence-electron chi connectivity index (χ4n) is 1.75. The highest BCUT2D eigenvalue weighted by atomic mass is 14.9. The smallest absolute Gasteiger partial charge is 0.0400 e. The van der Waals surface area contributed by atoms with Crippen LogP contribution in [-0.2, 0) is 13.5 Å². The lowest BCUT2D eigenvalue weighted by Gasteiger charge is -1.97. The molecule has 0 bridgehead atoms. The van der Waals surface area contributed by atoms with Crippen molar-refractivity contribution in [2.24, 2.45) is 7.05 Å². The summed E-state index contributed by atoms with van der Waals surface area (Å²) in [7, 11) is 2.07. The number of hydrogen-bond acceptors (Lipinski definition) is 0. The fourth-order valence-corrected chi connectivity index (χ4v) is 1.75. The van der Waals surface area contributed by atoms with Gasteiger partial charge in [0.15, 0.2) is 0 Å². The Balaban J connectivity index is 1.85. The Morgan fingerprint density at radius 3 is 2.56 bits per heavy atom. The van der Waals surface area contributed by atoms with Crippen molar-refractivity contribution in [3.63, 3.8) is 0 Å². The highest BCUT2D eigenvalue weighted by Gasteiger charge is 1.91. The topological polar surface area (TPSA) is 4.93 Å². The summed E-state index contributed by atoms with van der Waals surface area (Å²) in [5, 5.41) is 0. The van der Waals surface area contributed by atoms with Gasteiger partial charge in [0, 0.05) is 18.9 Å². The highest BCUT2D eigenvalue weighted by molar-refractivity contribution is 5.45. The molecule has 0 fully saturated rings. The van der Waals surface area contributed by atoms with E-state index in [4.69, 9.17) is 0 Å². The van der Waals surface area contributed by atoms with E-state index in [2.05, 4.69) is 72.4 Å². The van der Waals surface area contributed by atoms with Crippen molar-refractivity contribution >= 4 is 6.08 Å². The number of allylic oxidation sites excluding steroid dienone is 1. The van der Waals surface area contributed by atoms with Gasteiger partial charge in [-0.05, 0) is 36.6 Å². The molecule has 0 atom stereocenters. The minimum Gasteiger partial charge on any atom is -0.351 e. The normalized spacial score (nSPS) is 11.1. The van der Waals surface area contributed by atoms with Crippen molar-refractivity contribution in [3.05, 3.63) is 66.0 Å². The zero-order valence-corrected chi connectivity index (χ0v) is 9.63. The monoisotopic (exact) mass is 211 g/mol. The van der Waals surface area contributed by atoms with E-state index in [0.717, 1.165) is 12.8 Å². The molecule has 0 N–H and O–H groups in total. The van der Waals surface area contributed by atoms with Gasteiger partial charge >= 0.3 is 0 Å². The largest absolute Gasteiger partial charge is 0.351 e. The van der Waals surface area contributed by atoms with Gasteiger partial charge in [-0.3, -0.25) is 0 Å². The molecule has 1 heteroatoms. The summed E-state index contributed by atoms with van der Waals surface area (Å²) < 4.78 is 2.12. The van der Waals surface area contributed by atoms with E-state index in [1.807, 2.05) is 0 Å². The summed E-state index contributed by atoms with van der Waals surface area (Å²) in [5.74, 6) is 0. The van der Waals surface area contributed by atoms with Gasteiger partial charge in [0.2, 0.25) is 0 Å². The molecule has 0 saturated heterocycles. The zero-order chi connectivity index (χ0) is 11.2. The summed E-state index contributed by atoms with van der Waals surface area (Å²) in [5.41, 5.74) is 2.66. The summed E-state index contributed by atoms with van der Waals surface area (Å²) in [6.07, 6.45) is 8.69. The van der Waals surface area contributed by atoms with Crippen LogP contribution in [0, 0.1) is 0 Å². The molecule has 0 unspecified atom stereocenters. The first-order valence-corrected chi connectivity index (χ1v) is 5.68. The highest BCUT2D eigenvalue weighted by Crippen LogP contribution is 2.06. The minimum absolute atomic E-state index is 1.09. The molecule has 1 aromatic heterocycles. The second-order valence-corrected chi connectivity index (χ2v) is 3.97. The average Bonchev–Trinajstić information content (AvgIpc) is 2.72. The lowest BCUT2D eigenvalue weighted by atomic mass is 10.1. The molecular weight excluding hydrogens is 194 g/mol. The van der Waals surface area contributed by atoms with Gasteiger partial charge in [0.1, 0.15) is 0 Å². The third kappa shape index (κ3) is 2.86. The van der Waals surface area contributed by atoms with Gasteiger partial charge in [0.05, 0.1) is 0 Å². The van der Waals surface area contributed by atoms with Crippen LogP contribution in [0.15, 0.2) is 54.7 Å². The molecule has 16 heavy (non-hydrogen) atoms. The van der Waals surface area contributed by atoms with Crippen LogP contribution in [0.4, 0.5) is 0 Å². The molecule has 1 heterocycles. The van der Waals surface area contributed by atoms with E-state index in [9.17, 15) is 0 Å². The average molecular weight is 211 g/mol. The molecule has 1 nitrogen and oxygen atoms in total. The number of rotatable bonds is 4. The molecule has 0 aliphatic rings. The van der Waals surface area contributed by atoms with Crippen LogP contribution in [0.2, 0.25) is 0 Å². The Labute approximate surface area is 97.0 Å². The Hall–Kier alpha value is -1.76. The standard InChI is InChI=1S/C15H17N/c1-16-13-7-12-15(16)11-6-5-10-14-8-3-2-4-9-14/h2-4,6-9,11-13H,5,10H2,1H3/b11-6+. The molecule has 0 aliphatic carbocycles. The van der Waals surface area contributed by atoms with E-state index >= 15 is 0 Å². The van der Waals surface area contributed by atoms with E-state index in [1.54, 1.807) is 0 Å². The molecular formula is C15H17N. The summed E-state index contributed by atoms with van der Waals surface area (Å²) in [6.45, 7) is 0. The lowest BCUT2D eigenvalue weighted by molar-refractivity contribution is 0.913. The minimum atomic E-state index is 1.09. The Morgan fingerprint density at radius 2 is 1.88 bits per heavy atom. The lowest BCUT2D eigenvalue weighted by Crippen LogP contribution is -1.87. The SMILES string of the molecule is Cn1cccc1/C=C/CCc1ccccc1. The Morgan fingerprint density at radius 1 is 1.06 bits per heavy atom. The zero-order valence-electron chi connectivity index (χ0n) is 9.63. The predicted octanol–water partition coefficient (Wildman–Crippen LogP) is 3.67. The van der Waals surface area contributed by atoms with Crippen LogP contribution in [0.3, 0.4) is 0 Å². The molecule has 0 radical (unpaired) electrons. The quantitative estimate of drug-likeness (QED) is 0.727.